The summed E-state index contributed by atoms with van der Waals surface area (Å²) in [6.07, 6.45) is 3.24. The molecule has 1 aliphatic heterocycles. The third-order valence-electron chi connectivity index (χ3n) is 3.36. The van der Waals surface area contributed by atoms with Crippen LogP contribution in [0.1, 0.15) is 19.2 Å². The predicted molar refractivity (Wildman–Crippen MR) is 76.4 cm³/mol. The average molecular weight is 307 g/mol. The van der Waals surface area contributed by atoms with Crippen molar-refractivity contribution < 1.29 is 4.42 Å². The molecule has 2 heterocycles. The first-order chi connectivity index (χ1) is 8.76. The number of nitrogens with zero attached hydrogens (tertiary/aromatic N) is 2. The van der Waals surface area contributed by atoms with E-state index in [1.54, 1.807) is 0 Å². The molecule has 4 heteroatoms. The molecule has 0 saturated heterocycles. The Labute approximate surface area is 115 Å². The smallest absolute Gasteiger partial charge is 0.222 e. The average Bonchev–Trinajstić information content (AvgIpc) is 2.81. The van der Waals surface area contributed by atoms with E-state index < -0.39 is 0 Å². The highest BCUT2D eigenvalue weighted by Gasteiger charge is 2.16. The Balaban J connectivity index is 1.93. The quantitative estimate of drug-likeness (QED) is 0.847. The van der Waals surface area contributed by atoms with Crippen LogP contribution in [-0.4, -0.2) is 29.5 Å². The molecular weight excluding hydrogens is 292 g/mol. The molecule has 0 N–H and O–H groups in total. The maximum absolute atomic E-state index is 5.81. The van der Waals surface area contributed by atoms with Crippen molar-refractivity contribution in [2.75, 3.05) is 19.6 Å². The van der Waals surface area contributed by atoms with Gasteiger partial charge in [-0.2, -0.15) is 0 Å². The van der Waals surface area contributed by atoms with Crippen LogP contribution in [0.2, 0.25) is 0 Å². The van der Waals surface area contributed by atoms with Crippen LogP contribution >= 0.6 is 15.9 Å². The second-order valence-corrected chi connectivity index (χ2v) is 5.42. The lowest BCUT2D eigenvalue weighted by Gasteiger charge is -2.23. The summed E-state index contributed by atoms with van der Waals surface area (Å²) in [4.78, 5) is 6.97. The number of likely N-dealkylation sites (N-methyl/N-ethyl adjacent to an activating group) is 1. The number of hydrogen-bond acceptors (Lipinski definition) is 3. The molecule has 0 spiro atoms. The highest BCUT2D eigenvalue weighted by atomic mass is 79.9. The van der Waals surface area contributed by atoms with Crippen molar-refractivity contribution in [1.82, 2.24) is 9.88 Å². The Morgan fingerprint density at radius 1 is 1.44 bits per heavy atom. The Hall–Kier alpha value is -1.13. The molecule has 0 bridgehead atoms. The van der Waals surface area contributed by atoms with Crippen LogP contribution in [0.3, 0.4) is 0 Å². The zero-order valence-electron chi connectivity index (χ0n) is 10.3. The molecule has 1 aromatic heterocycles. The van der Waals surface area contributed by atoms with Crippen molar-refractivity contribution in [3.05, 3.63) is 34.6 Å². The minimum Gasteiger partial charge on any atom is -0.436 e. The number of rotatable bonds is 2. The SMILES string of the molecule is CCN1CC=C(c2nc3cc(Br)ccc3o2)CC1. The molecule has 1 aromatic carbocycles. The normalized spacial score (nSPS) is 17.1. The zero-order chi connectivity index (χ0) is 12.5. The maximum atomic E-state index is 5.81. The van der Waals surface area contributed by atoms with E-state index in [4.69, 9.17) is 4.42 Å². The molecule has 0 fully saturated rings. The summed E-state index contributed by atoms with van der Waals surface area (Å²) in [5.41, 5.74) is 3.00. The minimum absolute atomic E-state index is 0.777. The van der Waals surface area contributed by atoms with Crippen molar-refractivity contribution in [3.8, 4) is 0 Å². The molecular formula is C14H15BrN2O. The van der Waals surface area contributed by atoms with E-state index in [1.165, 1.54) is 5.57 Å². The first-order valence-electron chi connectivity index (χ1n) is 6.24. The van der Waals surface area contributed by atoms with Gasteiger partial charge in [0.05, 0.1) is 0 Å². The van der Waals surface area contributed by atoms with Gasteiger partial charge in [-0.3, -0.25) is 4.90 Å². The highest BCUT2D eigenvalue weighted by molar-refractivity contribution is 9.10. The highest BCUT2D eigenvalue weighted by Crippen LogP contribution is 2.27. The van der Waals surface area contributed by atoms with Gasteiger partial charge in [-0.1, -0.05) is 28.9 Å². The van der Waals surface area contributed by atoms with Crippen LogP contribution in [0.5, 0.6) is 0 Å². The molecule has 0 saturated carbocycles. The fraction of sp³-hybridized carbons (Fsp3) is 0.357. The Morgan fingerprint density at radius 3 is 3.06 bits per heavy atom. The van der Waals surface area contributed by atoms with E-state index in [0.29, 0.717) is 0 Å². The largest absolute Gasteiger partial charge is 0.436 e. The summed E-state index contributed by atoms with van der Waals surface area (Å²) in [6.45, 7) is 5.37. The van der Waals surface area contributed by atoms with Gasteiger partial charge >= 0.3 is 0 Å². The topological polar surface area (TPSA) is 29.3 Å². The first-order valence-corrected chi connectivity index (χ1v) is 7.03. The Bertz CT molecular complexity index is 603. The van der Waals surface area contributed by atoms with Gasteiger partial charge in [0.1, 0.15) is 5.52 Å². The Morgan fingerprint density at radius 2 is 2.33 bits per heavy atom. The van der Waals surface area contributed by atoms with Crippen molar-refractivity contribution in [1.29, 1.82) is 0 Å². The molecule has 1 aliphatic rings. The summed E-state index contributed by atoms with van der Waals surface area (Å²) >= 11 is 3.45. The van der Waals surface area contributed by atoms with Gasteiger partial charge in [0, 0.05) is 23.1 Å². The van der Waals surface area contributed by atoms with Gasteiger partial charge in [-0.05, 0) is 31.2 Å². The maximum Gasteiger partial charge on any atom is 0.222 e. The number of hydrogen-bond donors (Lipinski definition) is 0. The predicted octanol–water partition coefficient (Wildman–Crippen LogP) is 3.70. The van der Waals surface area contributed by atoms with Gasteiger partial charge in [-0.25, -0.2) is 4.98 Å². The van der Waals surface area contributed by atoms with Crippen molar-refractivity contribution in [2.45, 2.75) is 13.3 Å². The lowest BCUT2D eigenvalue weighted by atomic mass is 10.1. The third kappa shape index (κ3) is 2.22. The number of benzene rings is 1. The summed E-state index contributed by atoms with van der Waals surface area (Å²) in [5, 5.41) is 0. The van der Waals surface area contributed by atoms with Gasteiger partial charge < -0.3 is 4.42 Å². The van der Waals surface area contributed by atoms with Gasteiger partial charge in [0.15, 0.2) is 5.58 Å². The second-order valence-electron chi connectivity index (χ2n) is 4.50. The molecule has 0 atom stereocenters. The lowest BCUT2D eigenvalue weighted by Crippen LogP contribution is -2.28. The summed E-state index contributed by atoms with van der Waals surface area (Å²) in [6, 6.07) is 5.92. The molecule has 0 amide bonds. The van der Waals surface area contributed by atoms with Crippen molar-refractivity contribution in [3.63, 3.8) is 0 Å². The van der Waals surface area contributed by atoms with Crippen LogP contribution in [0.25, 0.3) is 16.7 Å². The number of oxazole rings is 1. The van der Waals surface area contributed by atoms with Crippen molar-refractivity contribution >= 4 is 32.6 Å². The van der Waals surface area contributed by atoms with Crippen LogP contribution in [0.15, 0.2) is 33.2 Å². The van der Waals surface area contributed by atoms with Gasteiger partial charge in [0.2, 0.25) is 5.89 Å². The lowest BCUT2D eigenvalue weighted by molar-refractivity contribution is 0.317. The monoisotopic (exact) mass is 306 g/mol. The second kappa shape index (κ2) is 4.86. The van der Waals surface area contributed by atoms with Crippen LogP contribution in [0, 0.1) is 0 Å². The Kier molecular flexibility index (Phi) is 3.22. The van der Waals surface area contributed by atoms with Crippen LogP contribution in [0.4, 0.5) is 0 Å². The summed E-state index contributed by atoms with van der Waals surface area (Å²) < 4.78 is 6.84. The molecule has 0 unspecified atom stereocenters. The fourth-order valence-corrected chi connectivity index (χ4v) is 2.58. The summed E-state index contributed by atoms with van der Waals surface area (Å²) in [7, 11) is 0. The van der Waals surface area contributed by atoms with E-state index in [1.807, 2.05) is 18.2 Å². The summed E-state index contributed by atoms with van der Waals surface area (Å²) in [5.74, 6) is 0.777. The van der Waals surface area contributed by atoms with E-state index in [2.05, 4.69) is 38.8 Å². The first kappa shape index (κ1) is 11.9. The number of aromatic nitrogens is 1. The molecule has 3 rings (SSSR count). The zero-order valence-corrected chi connectivity index (χ0v) is 11.9. The van der Waals surface area contributed by atoms with E-state index in [-0.39, 0.29) is 0 Å². The third-order valence-corrected chi connectivity index (χ3v) is 3.86. The molecule has 94 valence electrons. The minimum atomic E-state index is 0.777. The number of fused-ring (bicyclic) bond motifs is 1. The van der Waals surface area contributed by atoms with Crippen LogP contribution in [-0.2, 0) is 0 Å². The molecule has 2 aromatic rings. The van der Waals surface area contributed by atoms with Crippen molar-refractivity contribution in [2.24, 2.45) is 0 Å². The van der Waals surface area contributed by atoms with E-state index in [9.17, 15) is 0 Å². The molecule has 0 aliphatic carbocycles. The molecule has 3 nitrogen and oxygen atoms in total. The van der Waals surface area contributed by atoms with Gasteiger partial charge in [-0.15, -0.1) is 0 Å². The van der Waals surface area contributed by atoms with Gasteiger partial charge in [0.25, 0.3) is 0 Å². The van der Waals surface area contributed by atoms with E-state index in [0.717, 1.165) is 47.5 Å². The molecule has 0 radical (unpaired) electrons. The standard InChI is InChI=1S/C14H15BrN2O/c1-2-17-7-5-10(6-8-17)14-16-12-9-11(15)3-4-13(12)18-14/h3-5,9H,2,6-8H2,1H3. The fourth-order valence-electron chi connectivity index (χ4n) is 2.23. The van der Waals surface area contributed by atoms with E-state index >= 15 is 0 Å². The number of halogens is 1. The molecule has 18 heavy (non-hydrogen) atoms. The van der Waals surface area contributed by atoms with Crippen LogP contribution < -0.4 is 0 Å².